The fourth-order valence-corrected chi connectivity index (χ4v) is 8.97. The van der Waals surface area contributed by atoms with Crippen molar-refractivity contribution in [3.05, 3.63) is 11.6 Å². The van der Waals surface area contributed by atoms with Gasteiger partial charge in [0.05, 0.1) is 12.2 Å². The molecule has 31 heavy (non-hydrogen) atoms. The van der Waals surface area contributed by atoms with Crippen molar-refractivity contribution in [3.8, 4) is 0 Å². The molecular formula is C28H48O3. The third-order valence-corrected chi connectivity index (χ3v) is 10.8. The second-order valence-electron chi connectivity index (χ2n) is 12.4. The van der Waals surface area contributed by atoms with Gasteiger partial charge in [0, 0.05) is 13.7 Å². The highest BCUT2D eigenvalue weighted by molar-refractivity contribution is 5.25. The molecule has 0 saturated heterocycles. The lowest BCUT2D eigenvalue weighted by Crippen LogP contribution is -2.51. The molecule has 178 valence electrons. The van der Waals surface area contributed by atoms with Gasteiger partial charge in [-0.2, -0.15) is 0 Å². The molecule has 0 amide bonds. The van der Waals surface area contributed by atoms with Gasteiger partial charge in [-0.1, -0.05) is 52.2 Å². The third kappa shape index (κ3) is 4.06. The van der Waals surface area contributed by atoms with E-state index in [1.165, 1.54) is 44.9 Å². The summed E-state index contributed by atoms with van der Waals surface area (Å²) in [6.07, 6.45) is 14.8. The van der Waals surface area contributed by atoms with Gasteiger partial charge in [0.2, 0.25) is 0 Å². The van der Waals surface area contributed by atoms with Crippen molar-refractivity contribution >= 4 is 0 Å². The predicted molar refractivity (Wildman–Crippen MR) is 127 cm³/mol. The van der Waals surface area contributed by atoms with Crippen LogP contribution in [0.2, 0.25) is 0 Å². The first-order valence-electron chi connectivity index (χ1n) is 13.3. The zero-order chi connectivity index (χ0) is 22.4. The summed E-state index contributed by atoms with van der Waals surface area (Å²) in [5.74, 6) is 3.60. The maximum atomic E-state index is 11.3. The molecular weight excluding hydrogens is 384 g/mol. The molecule has 4 aliphatic rings. The van der Waals surface area contributed by atoms with Crippen molar-refractivity contribution in [2.75, 3.05) is 13.7 Å². The van der Waals surface area contributed by atoms with Gasteiger partial charge in [-0.3, -0.25) is 0 Å². The lowest BCUT2D eigenvalue weighted by Gasteiger charge is -2.58. The van der Waals surface area contributed by atoms with Crippen LogP contribution in [0.4, 0.5) is 0 Å². The molecule has 0 aliphatic heterocycles. The van der Waals surface area contributed by atoms with Crippen LogP contribution in [0.25, 0.3) is 0 Å². The molecule has 0 aromatic carbocycles. The smallest absolute Gasteiger partial charge is 0.0608 e. The molecule has 0 spiro atoms. The Morgan fingerprint density at radius 2 is 1.90 bits per heavy atom. The van der Waals surface area contributed by atoms with Gasteiger partial charge in [-0.05, 0) is 97.7 Å². The van der Waals surface area contributed by atoms with Crippen LogP contribution < -0.4 is 0 Å². The quantitative estimate of drug-likeness (QED) is 0.486. The fraction of sp³-hybridized carbons (Fsp3) is 0.929. The number of hydrogen-bond acceptors (Lipinski definition) is 3. The second-order valence-corrected chi connectivity index (χ2v) is 12.4. The number of aliphatic hydroxyl groups excluding tert-OH is 2. The molecule has 1 unspecified atom stereocenters. The van der Waals surface area contributed by atoms with Crippen molar-refractivity contribution in [3.63, 3.8) is 0 Å². The number of methoxy groups -OCH3 is 1. The zero-order valence-corrected chi connectivity index (χ0v) is 20.8. The van der Waals surface area contributed by atoms with Crippen molar-refractivity contribution in [2.45, 2.75) is 104 Å². The Morgan fingerprint density at radius 1 is 1.13 bits per heavy atom. The van der Waals surface area contributed by atoms with Gasteiger partial charge in [0.1, 0.15) is 0 Å². The molecule has 3 fully saturated rings. The maximum Gasteiger partial charge on any atom is 0.0608 e. The molecule has 3 saturated carbocycles. The summed E-state index contributed by atoms with van der Waals surface area (Å²) in [5, 5.41) is 20.6. The summed E-state index contributed by atoms with van der Waals surface area (Å²) < 4.78 is 5.73. The number of fused-ring (bicyclic) bond motifs is 5. The van der Waals surface area contributed by atoms with E-state index >= 15 is 0 Å². The van der Waals surface area contributed by atoms with E-state index in [-0.39, 0.29) is 11.5 Å². The average Bonchev–Trinajstić information content (AvgIpc) is 3.02. The minimum Gasteiger partial charge on any atom is -0.396 e. The second kappa shape index (κ2) is 9.11. The molecule has 10 atom stereocenters. The Bertz CT molecular complexity index is 659. The normalized spacial score (nSPS) is 46.5. The fourth-order valence-electron chi connectivity index (χ4n) is 8.97. The number of hydrogen-bond donors (Lipinski definition) is 2. The molecule has 4 aliphatic carbocycles. The van der Waals surface area contributed by atoms with E-state index in [1.54, 1.807) is 5.57 Å². The topological polar surface area (TPSA) is 49.7 Å². The van der Waals surface area contributed by atoms with Crippen LogP contribution in [-0.2, 0) is 4.74 Å². The Hall–Kier alpha value is -0.380. The minimum absolute atomic E-state index is 0.138. The van der Waals surface area contributed by atoms with Crippen LogP contribution in [-0.4, -0.2) is 36.1 Å². The highest BCUT2D eigenvalue weighted by Crippen LogP contribution is 2.67. The number of aliphatic hydroxyl groups is 2. The first-order chi connectivity index (χ1) is 14.7. The van der Waals surface area contributed by atoms with E-state index in [1.807, 2.05) is 7.11 Å². The van der Waals surface area contributed by atoms with Crippen LogP contribution in [0.5, 0.6) is 0 Å². The molecule has 0 radical (unpaired) electrons. The Morgan fingerprint density at radius 3 is 2.61 bits per heavy atom. The summed E-state index contributed by atoms with van der Waals surface area (Å²) in [5.41, 5.74) is 2.32. The van der Waals surface area contributed by atoms with Crippen LogP contribution >= 0.6 is 0 Å². The van der Waals surface area contributed by atoms with Crippen LogP contribution in [0, 0.1) is 46.3 Å². The first-order valence-corrected chi connectivity index (χ1v) is 13.3. The van der Waals surface area contributed by atoms with Crippen molar-refractivity contribution in [1.29, 1.82) is 0 Å². The van der Waals surface area contributed by atoms with Crippen molar-refractivity contribution in [1.82, 2.24) is 0 Å². The lowest BCUT2D eigenvalue weighted by molar-refractivity contribution is -0.0644. The molecule has 3 heteroatoms. The highest BCUT2D eigenvalue weighted by atomic mass is 16.5. The van der Waals surface area contributed by atoms with Gasteiger partial charge >= 0.3 is 0 Å². The largest absolute Gasteiger partial charge is 0.396 e. The Kier molecular flexibility index (Phi) is 6.98. The molecule has 2 N–H and O–H groups in total. The van der Waals surface area contributed by atoms with E-state index in [0.29, 0.717) is 41.8 Å². The van der Waals surface area contributed by atoms with E-state index in [4.69, 9.17) is 4.74 Å². The van der Waals surface area contributed by atoms with Crippen LogP contribution in [0.3, 0.4) is 0 Å². The predicted octanol–water partition coefficient (Wildman–Crippen LogP) is 5.99. The number of ether oxygens (including phenoxy) is 1. The molecule has 0 aromatic rings. The van der Waals surface area contributed by atoms with Crippen molar-refractivity contribution < 1.29 is 14.9 Å². The summed E-state index contributed by atoms with van der Waals surface area (Å²) >= 11 is 0. The first kappa shape index (κ1) is 23.8. The lowest BCUT2D eigenvalue weighted by atomic mass is 9.47. The van der Waals surface area contributed by atoms with E-state index in [2.05, 4.69) is 33.8 Å². The molecule has 3 nitrogen and oxygen atoms in total. The third-order valence-electron chi connectivity index (χ3n) is 10.8. The summed E-state index contributed by atoms with van der Waals surface area (Å²) in [6.45, 7) is 9.91. The molecule has 0 heterocycles. The van der Waals surface area contributed by atoms with E-state index in [9.17, 15) is 10.2 Å². The number of allylic oxidation sites excluding steroid dienone is 1. The molecule has 4 rings (SSSR count). The summed E-state index contributed by atoms with van der Waals surface area (Å²) in [6, 6.07) is 0. The van der Waals surface area contributed by atoms with Gasteiger partial charge in [0.15, 0.2) is 0 Å². The van der Waals surface area contributed by atoms with E-state index < -0.39 is 0 Å². The Balaban J connectivity index is 1.49. The zero-order valence-electron chi connectivity index (χ0n) is 20.8. The standard InChI is InChI=1S/C28H48O3/c1-18(17-29)7-6-8-19(2)26-25(30)16-24-22-10-9-20-15-21(31-5)11-13-27(20,3)23(22)12-14-28(24,26)4/h9,18-19,21-26,29-30H,6-8,10-17H2,1-5H3/t18?,19-,21+,22-,23+,24+,25+,26+,27+,28+/m1/s1. The molecule has 0 bridgehead atoms. The number of rotatable bonds is 7. The van der Waals surface area contributed by atoms with Gasteiger partial charge in [-0.25, -0.2) is 0 Å². The summed E-state index contributed by atoms with van der Waals surface area (Å²) in [4.78, 5) is 0. The Labute approximate surface area is 191 Å². The SMILES string of the molecule is CO[C@H]1CC[C@@]2(C)C(=CC[C@H]3[C@@H]4C[C@H](O)[C@H]([C@H](C)CCCC(C)CO)[C@@]4(C)CC[C@@H]32)C1. The van der Waals surface area contributed by atoms with Gasteiger partial charge < -0.3 is 14.9 Å². The molecule has 0 aromatic heterocycles. The average molecular weight is 433 g/mol. The van der Waals surface area contributed by atoms with Crippen LogP contribution in [0.15, 0.2) is 11.6 Å². The summed E-state index contributed by atoms with van der Waals surface area (Å²) in [7, 11) is 1.87. The van der Waals surface area contributed by atoms with Gasteiger partial charge in [-0.15, -0.1) is 0 Å². The monoisotopic (exact) mass is 432 g/mol. The maximum absolute atomic E-state index is 11.3. The highest BCUT2D eigenvalue weighted by Gasteiger charge is 2.61. The van der Waals surface area contributed by atoms with Crippen LogP contribution in [0.1, 0.15) is 91.9 Å². The van der Waals surface area contributed by atoms with Crippen molar-refractivity contribution in [2.24, 2.45) is 46.3 Å². The van der Waals surface area contributed by atoms with E-state index in [0.717, 1.165) is 31.1 Å². The minimum atomic E-state index is -0.138. The van der Waals surface area contributed by atoms with Gasteiger partial charge in [0.25, 0.3) is 0 Å².